The molecular formula is C22H22F3N5O. The highest BCUT2D eigenvalue weighted by atomic mass is 19.4. The molecule has 31 heavy (non-hydrogen) atoms. The molecule has 1 saturated heterocycles. The number of primary amides is 1. The van der Waals surface area contributed by atoms with Crippen LogP contribution in [0.15, 0.2) is 42.5 Å². The van der Waals surface area contributed by atoms with Crippen molar-refractivity contribution in [2.75, 3.05) is 18.4 Å². The third-order valence-corrected chi connectivity index (χ3v) is 5.57. The maximum absolute atomic E-state index is 12.9. The van der Waals surface area contributed by atoms with Gasteiger partial charge in [0.15, 0.2) is 0 Å². The zero-order valence-corrected chi connectivity index (χ0v) is 16.8. The predicted octanol–water partition coefficient (Wildman–Crippen LogP) is 3.61. The normalized spacial score (nSPS) is 19.4. The van der Waals surface area contributed by atoms with Crippen molar-refractivity contribution in [1.82, 2.24) is 15.3 Å². The van der Waals surface area contributed by atoms with Crippen LogP contribution in [0.25, 0.3) is 10.9 Å². The molecule has 0 spiro atoms. The van der Waals surface area contributed by atoms with Crippen LogP contribution in [0.3, 0.4) is 0 Å². The number of halogens is 3. The van der Waals surface area contributed by atoms with Crippen molar-refractivity contribution < 1.29 is 18.0 Å². The van der Waals surface area contributed by atoms with E-state index in [0.29, 0.717) is 34.7 Å². The number of para-hydroxylation sites is 1. The lowest BCUT2D eigenvalue weighted by atomic mass is 9.85. The van der Waals surface area contributed by atoms with Gasteiger partial charge in [0, 0.05) is 23.9 Å². The Kier molecular flexibility index (Phi) is 5.53. The number of carbonyl (C=O) groups excluding carboxylic acids is 1. The molecule has 0 radical (unpaired) electrons. The minimum Gasteiger partial charge on any atom is -0.366 e. The third-order valence-electron chi connectivity index (χ3n) is 5.57. The monoisotopic (exact) mass is 429 g/mol. The summed E-state index contributed by atoms with van der Waals surface area (Å²) in [5.74, 6) is 0.472. The number of rotatable bonds is 4. The van der Waals surface area contributed by atoms with Gasteiger partial charge in [0.2, 0.25) is 0 Å². The Bertz CT molecular complexity index is 1110. The summed E-state index contributed by atoms with van der Waals surface area (Å²) < 4.78 is 38.8. The first-order valence-corrected chi connectivity index (χ1v) is 9.95. The van der Waals surface area contributed by atoms with Crippen LogP contribution < -0.4 is 16.4 Å². The number of nitrogens with two attached hydrogens (primary N) is 1. The van der Waals surface area contributed by atoms with E-state index in [2.05, 4.69) is 20.6 Å². The van der Waals surface area contributed by atoms with E-state index >= 15 is 0 Å². The number of carbonyl (C=O) groups is 1. The van der Waals surface area contributed by atoms with Crippen molar-refractivity contribution >= 4 is 22.6 Å². The average molecular weight is 429 g/mol. The highest BCUT2D eigenvalue weighted by Gasteiger charge is 2.32. The van der Waals surface area contributed by atoms with Crippen LogP contribution in [0.1, 0.15) is 39.6 Å². The molecule has 2 atom stereocenters. The first kappa shape index (κ1) is 21.0. The topological polar surface area (TPSA) is 92.9 Å². The summed E-state index contributed by atoms with van der Waals surface area (Å²) in [6, 6.07) is 10.4. The summed E-state index contributed by atoms with van der Waals surface area (Å²) in [6.07, 6.45) is -3.60. The number of anilines is 1. The molecule has 1 amide bonds. The first-order valence-electron chi connectivity index (χ1n) is 9.95. The molecule has 2 heterocycles. The van der Waals surface area contributed by atoms with E-state index in [1.807, 2.05) is 6.07 Å². The maximum Gasteiger partial charge on any atom is 0.416 e. The largest absolute Gasteiger partial charge is 0.416 e. The molecule has 162 valence electrons. The summed E-state index contributed by atoms with van der Waals surface area (Å²) in [7, 11) is 0. The summed E-state index contributed by atoms with van der Waals surface area (Å²) in [5, 5.41) is 7.42. The molecule has 0 saturated carbocycles. The molecule has 1 aromatic heterocycles. The minimum absolute atomic E-state index is 0.00632. The molecule has 0 bridgehead atoms. The standard InChI is InChI=1S/C22H22F3N5O/c1-12-28-19-16(20(26)31)3-2-4-17(19)21(29-12)30-18-11-27-10-9-15(18)13-5-7-14(8-6-13)22(23,24)25/h2-8,15,18,27H,9-11H2,1H3,(H2,26,31)(H,28,29,30)/t15-,18+/m1/s1. The number of nitrogens with zero attached hydrogens (tertiary/aromatic N) is 2. The molecule has 2 aromatic carbocycles. The Morgan fingerprint density at radius 1 is 1.16 bits per heavy atom. The zero-order valence-electron chi connectivity index (χ0n) is 16.8. The van der Waals surface area contributed by atoms with Crippen LogP contribution >= 0.6 is 0 Å². The lowest BCUT2D eigenvalue weighted by Gasteiger charge is -2.34. The molecule has 9 heteroatoms. The molecule has 1 aliphatic rings. The van der Waals surface area contributed by atoms with E-state index < -0.39 is 17.6 Å². The second-order valence-electron chi connectivity index (χ2n) is 7.66. The van der Waals surface area contributed by atoms with E-state index in [1.165, 1.54) is 0 Å². The number of alkyl halides is 3. The maximum atomic E-state index is 12.9. The summed E-state index contributed by atoms with van der Waals surface area (Å²) in [6.45, 7) is 3.11. The fraction of sp³-hybridized carbons (Fsp3) is 0.318. The molecule has 4 rings (SSSR count). The Labute approximate surface area is 177 Å². The van der Waals surface area contributed by atoms with Gasteiger partial charge in [-0.2, -0.15) is 13.2 Å². The average Bonchev–Trinajstić information content (AvgIpc) is 2.73. The number of nitrogens with one attached hydrogen (secondary N) is 2. The SMILES string of the molecule is Cc1nc(N[C@H]2CNCC[C@@H]2c2ccc(C(F)(F)F)cc2)c2cccc(C(N)=O)c2n1. The molecule has 3 aromatic rings. The summed E-state index contributed by atoms with van der Waals surface area (Å²) >= 11 is 0. The van der Waals surface area contributed by atoms with Crippen molar-refractivity contribution in [3.8, 4) is 0 Å². The quantitative estimate of drug-likeness (QED) is 0.589. The van der Waals surface area contributed by atoms with E-state index in [-0.39, 0.29) is 12.0 Å². The molecule has 0 aliphatic carbocycles. The van der Waals surface area contributed by atoms with Gasteiger partial charge in [-0.3, -0.25) is 4.79 Å². The first-order chi connectivity index (χ1) is 14.7. The Morgan fingerprint density at radius 2 is 1.90 bits per heavy atom. The van der Waals surface area contributed by atoms with Gasteiger partial charge in [0.1, 0.15) is 11.6 Å². The fourth-order valence-corrected chi connectivity index (χ4v) is 4.08. The van der Waals surface area contributed by atoms with Gasteiger partial charge in [-0.15, -0.1) is 0 Å². The van der Waals surface area contributed by atoms with Gasteiger partial charge in [-0.25, -0.2) is 9.97 Å². The summed E-state index contributed by atoms with van der Waals surface area (Å²) in [4.78, 5) is 20.7. The lowest BCUT2D eigenvalue weighted by molar-refractivity contribution is -0.137. The fourth-order valence-electron chi connectivity index (χ4n) is 4.08. The highest BCUT2D eigenvalue weighted by Crippen LogP contribution is 2.33. The highest BCUT2D eigenvalue weighted by molar-refractivity contribution is 6.07. The van der Waals surface area contributed by atoms with Gasteiger partial charge in [0.05, 0.1) is 16.6 Å². The van der Waals surface area contributed by atoms with Crippen LogP contribution in [0.5, 0.6) is 0 Å². The van der Waals surface area contributed by atoms with Crippen molar-refractivity contribution in [2.24, 2.45) is 5.73 Å². The van der Waals surface area contributed by atoms with Crippen molar-refractivity contribution in [2.45, 2.75) is 31.5 Å². The van der Waals surface area contributed by atoms with E-state index in [4.69, 9.17) is 5.73 Å². The summed E-state index contributed by atoms with van der Waals surface area (Å²) in [5.41, 5.74) is 6.45. The van der Waals surface area contributed by atoms with E-state index in [1.54, 1.807) is 31.2 Å². The minimum atomic E-state index is -4.36. The number of hydrogen-bond donors (Lipinski definition) is 3. The molecule has 1 aliphatic heterocycles. The van der Waals surface area contributed by atoms with Gasteiger partial charge in [-0.1, -0.05) is 18.2 Å². The predicted molar refractivity (Wildman–Crippen MR) is 112 cm³/mol. The number of aryl methyl sites for hydroxylation is 1. The Balaban J connectivity index is 1.68. The van der Waals surface area contributed by atoms with Gasteiger partial charge < -0.3 is 16.4 Å². The van der Waals surface area contributed by atoms with Gasteiger partial charge in [-0.05, 0) is 49.7 Å². The van der Waals surface area contributed by atoms with Crippen LogP contribution in [-0.4, -0.2) is 35.0 Å². The number of aromatic nitrogens is 2. The smallest absolute Gasteiger partial charge is 0.366 e. The van der Waals surface area contributed by atoms with Gasteiger partial charge in [0.25, 0.3) is 5.91 Å². The van der Waals surface area contributed by atoms with Gasteiger partial charge >= 0.3 is 6.18 Å². The van der Waals surface area contributed by atoms with Crippen molar-refractivity contribution in [3.63, 3.8) is 0 Å². The number of hydrogen-bond acceptors (Lipinski definition) is 5. The second kappa shape index (κ2) is 8.14. The number of benzene rings is 2. The Hall–Kier alpha value is -3.20. The van der Waals surface area contributed by atoms with Crippen LogP contribution in [-0.2, 0) is 6.18 Å². The van der Waals surface area contributed by atoms with Crippen LogP contribution in [0.2, 0.25) is 0 Å². The lowest BCUT2D eigenvalue weighted by Crippen LogP contribution is -2.44. The zero-order chi connectivity index (χ0) is 22.2. The second-order valence-corrected chi connectivity index (χ2v) is 7.66. The third kappa shape index (κ3) is 4.32. The van der Waals surface area contributed by atoms with Crippen molar-refractivity contribution in [1.29, 1.82) is 0 Å². The number of amides is 1. The van der Waals surface area contributed by atoms with Crippen LogP contribution in [0.4, 0.5) is 19.0 Å². The van der Waals surface area contributed by atoms with Crippen molar-refractivity contribution in [3.05, 3.63) is 65.0 Å². The van der Waals surface area contributed by atoms with E-state index in [9.17, 15) is 18.0 Å². The molecule has 6 nitrogen and oxygen atoms in total. The number of piperidine rings is 1. The molecule has 1 fully saturated rings. The molecular weight excluding hydrogens is 407 g/mol. The molecule has 0 unspecified atom stereocenters. The Morgan fingerprint density at radius 3 is 2.58 bits per heavy atom. The molecule has 4 N–H and O–H groups in total. The van der Waals surface area contributed by atoms with E-state index in [0.717, 1.165) is 30.7 Å². The van der Waals surface area contributed by atoms with Crippen LogP contribution in [0, 0.1) is 6.92 Å². The number of fused-ring (bicyclic) bond motifs is 1.